The van der Waals surface area contributed by atoms with Crippen LogP contribution >= 0.6 is 0 Å². The molecule has 0 aromatic heterocycles. The Balaban J connectivity index is 3.38. The SMILES string of the molecule is CC(=O)CCCCCC(=O)OCC[Si](C)(C)C. The first-order valence-corrected chi connectivity index (χ1v) is 10.2. The molecule has 0 saturated heterocycles. The summed E-state index contributed by atoms with van der Waals surface area (Å²) in [6, 6.07) is 1.03. The second-order valence-electron chi connectivity index (χ2n) is 5.79. The molecule has 0 rings (SSSR count). The van der Waals surface area contributed by atoms with Gasteiger partial charge in [0, 0.05) is 20.9 Å². The van der Waals surface area contributed by atoms with E-state index in [1.807, 2.05) is 0 Å². The number of carbonyl (C=O) groups excluding carboxylic acids is 2. The number of Topliss-reactive ketones (excluding diaryl/α,β-unsaturated/α-hetero) is 1. The average molecular weight is 258 g/mol. The van der Waals surface area contributed by atoms with E-state index >= 15 is 0 Å². The van der Waals surface area contributed by atoms with Crippen LogP contribution in [0.15, 0.2) is 0 Å². The van der Waals surface area contributed by atoms with Crippen LogP contribution in [0.3, 0.4) is 0 Å². The van der Waals surface area contributed by atoms with E-state index in [4.69, 9.17) is 4.74 Å². The van der Waals surface area contributed by atoms with Crippen molar-refractivity contribution in [3.8, 4) is 0 Å². The molecule has 0 aromatic carbocycles. The molecule has 0 N–H and O–H groups in total. The third-order valence-electron chi connectivity index (χ3n) is 2.52. The van der Waals surface area contributed by atoms with Gasteiger partial charge in [0.2, 0.25) is 0 Å². The molecule has 0 aromatic rings. The third kappa shape index (κ3) is 13.3. The van der Waals surface area contributed by atoms with E-state index < -0.39 is 8.07 Å². The molecule has 3 nitrogen and oxygen atoms in total. The molecule has 0 unspecified atom stereocenters. The lowest BCUT2D eigenvalue weighted by molar-refractivity contribution is -0.143. The number of hydrogen-bond donors (Lipinski definition) is 0. The largest absolute Gasteiger partial charge is 0.466 e. The van der Waals surface area contributed by atoms with Gasteiger partial charge in [-0.2, -0.15) is 0 Å². The van der Waals surface area contributed by atoms with Gasteiger partial charge in [-0.25, -0.2) is 0 Å². The molecule has 4 heteroatoms. The standard InChI is InChI=1S/C13H26O3Si/c1-12(14)8-6-5-7-9-13(15)16-10-11-17(2,3)4/h5-11H2,1-4H3. The molecule has 100 valence electrons. The van der Waals surface area contributed by atoms with Crippen molar-refractivity contribution in [2.24, 2.45) is 0 Å². The maximum atomic E-state index is 11.4. The molecule has 0 aliphatic heterocycles. The minimum atomic E-state index is -1.10. The van der Waals surface area contributed by atoms with Crippen LogP contribution in [0.4, 0.5) is 0 Å². The first-order chi connectivity index (χ1) is 7.81. The van der Waals surface area contributed by atoms with Crippen molar-refractivity contribution >= 4 is 19.8 Å². The average Bonchev–Trinajstić information content (AvgIpc) is 2.14. The quantitative estimate of drug-likeness (QED) is 0.361. The fraction of sp³-hybridized carbons (Fsp3) is 0.846. The van der Waals surface area contributed by atoms with E-state index in [-0.39, 0.29) is 11.8 Å². The van der Waals surface area contributed by atoms with Crippen molar-refractivity contribution in [3.63, 3.8) is 0 Å². The zero-order chi connectivity index (χ0) is 13.3. The predicted molar refractivity (Wildman–Crippen MR) is 72.9 cm³/mol. The van der Waals surface area contributed by atoms with E-state index in [0.29, 0.717) is 19.4 Å². The summed E-state index contributed by atoms with van der Waals surface area (Å²) in [6.07, 6.45) is 3.77. The molecule has 0 fully saturated rings. The Morgan fingerprint density at radius 1 is 1.00 bits per heavy atom. The summed E-state index contributed by atoms with van der Waals surface area (Å²) in [6.45, 7) is 8.97. The van der Waals surface area contributed by atoms with Crippen LogP contribution < -0.4 is 0 Å². The van der Waals surface area contributed by atoms with Gasteiger partial charge in [-0.15, -0.1) is 0 Å². The lowest BCUT2D eigenvalue weighted by atomic mass is 10.1. The fourth-order valence-corrected chi connectivity index (χ4v) is 2.08. The summed E-state index contributed by atoms with van der Waals surface area (Å²) >= 11 is 0. The van der Waals surface area contributed by atoms with Crippen LogP contribution in [0.25, 0.3) is 0 Å². The topological polar surface area (TPSA) is 43.4 Å². The highest BCUT2D eigenvalue weighted by molar-refractivity contribution is 6.76. The van der Waals surface area contributed by atoms with Crippen molar-refractivity contribution < 1.29 is 14.3 Å². The van der Waals surface area contributed by atoms with Crippen molar-refractivity contribution in [2.45, 2.75) is 64.7 Å². The van der Waals surface area contributed by atoms with E-state index in [9.17, 15) is 9.59 Å². The van der Waals surface area contributed by atoms with Gasteiger partial charge in [-0.1, -0.05) is 26.1 Å². The van der Waals surface area contributed by atoms with Crippen LogP contribution in [-0.4, -0.2) is 26.4 Å². The van der Waals surface area contributed by atoms with Crippen LogP contribution in [0, 0.1) is 0 Å². The van der Waals surface area contributed by atoms with Crippen LogP contribution in [-0.2, 0) is 14.3 Å². The summed E-state index contributed by atoms with van der Waals surface area (Å²) in [7, 11) is -1.10. The van der Waals surface area contributed by atoms with Gasteiger partial charge in [-0.3, -0.25) is 4.79 Å². The summed E-state index contributed by atoms with van der Waals surface area (Å²) in [5, 5.41) is 0. The highest BCUT2D eigenvalue weighted by atomic mass is 28.3. The normalized spacial score (nSPS) is 11.3. The van der Waals surface area contributed by atoms with Gasteiger partial charge in [0.05, 0.1) is 6.61 Å². The van der Waals surface area contributed by atoms with Crippen molar-refractivity contribution in [3.05, 3.63) is 0 Å². The van der Waals surface area contributed by atoms with Crippen molar-refractivity contribution in [1.82, 2.24) is 0 Å². The molecular weight excluding hydrogens is 232 g/mol. The summed E-state index contributed by atoms with van der Waals surface area (Å²) in [5.74, 6) is 0.133. The minimum Gasteiger partial charge on any atom is -0.466 e. The molecule has 0 saturated carbocycles. The summed E-state index contributed by atoms with van der Waals surface area (Å²) < 4.78 is 5.17. The summed E-state index contributed by atoms with van der Waals surface area (Å²) in [5.41, 5.74) is 0. The Hall–Kier alpha value is -0.643. The van der Waals surface area contributed by atoms with Gasteiger partial charge in [-0.05, 0) is 25.8 Å². The van der Waals surface area contributed by atoms with E-state index in [2.05, 4.69) is 19.6 Å². The van der Waals surface area contributed by atoms with Gasteiger partial charge < -0.3 is 9.53 Å². The number of esters is 1. The van der Waals surface area contributed by atoms with E-state index in [1.54, 1.807) is 6.92 Å². The Morgan fingerprint density at radius 3 is 2.12 bits per heavy atom. The lowest BCUT2D eigenvalue weighted by Gasteiger charge is -2.15. The number of rotatable bonds is 9. The zero-order valence-corrected chi connectivity index (χ0v) is 12.7. The fourth-order valence-electron chi connectivity index (χ4n) is 1.36. The monoisotopic (exact) mass is 258 g/mol. The van der Waals surface area contributed by atoms with Gasteiger partial charge in [0.15, 0.2) is 0 Å². The third-order valence-corrected chi connectivity index (χ3v) is 4.23. The first-order valence-electron chi connectivity index (χ1n) is 6.46. The smallest absolute Gasteiger partial charge is 0.305 e. The Labute approximate surface area is 106 Å². The van der Waals surface area contributed by atoms with Gasteiger partial charge >= 0.3 is 5.97 Å². The second kappa shape index (κ2) is 8.45. The maximum Gasteiger partial charge on any atom is 0.305 e. The van der Waals surface area contributed by atoms with Gasteiger partial charge in [0.1, 0.15) is 5.78 Å². The lowest BCUT2D eigenvalue weighted by Crippen LogP contribution is -2.22. The van der Waals surface area contributed by atoms with Crippen molar-refractivity contribution in [2.75, 3.05) is 6.61 Å². The number of hydrogen-bond acceptors (Lipinski definition) is 3. The Kier molecular flexibility index (Phi) is 8.13. The van der Waals surface area contributed by atoms with Gasteiger partial charge in [0.25, 0.3) is 0 Å². The molecule has 0 bridgehead atoms. The molecule has 0 amide bonds. The Morgan fingerprint density at radius 2 is 1.59 bits per heavy atom. The summed E-state index contributed by atoms with van der Waals surface area (Å²) in [4.78, 5) is 22.0. The molecule has 0 aliphatic rings. The number of unbranched alkanes of at least 4 members (excludes halogenated alkanes) is 2. The number of ketones is 1. The molecule has 17 heavy (non-hydrogen) atoms. The van der Waals surface area contributed by atoms with Crippen LogP contribution in [0.1, 0.15) is 39.0 Å². The van der Waals surface area contributed by atoms with Crippen LogP contribution in [0.2, 0.25) is 25.7 Å². The molecule has 0 radical (unpaired) electrons. The highest BCUT2D eigenvalue weighted by Gasteiger charge is 2.13. The number of ether oxygens (including phenoxy) is 1. The Bertz CT molecular complexity index is 244. The first kappa shape index (κ1) is 16.4. The van der Waals surface area contributed by atoms with Crippen molar-refractivity contribution in [1.29, 1.82) is 0 Å². The molecule has 0 spiro atoms. The molecular formula is C13H26O3Si. The highest BCUT2D eigenvalue weighted by Crippen LogP contribution is 2.09. The van der Waals surface area contributed by atoms with E-state index in [1.165, 1.54) is 0 Å². The molecule has 0 atom stereocenters. The maximum absolute atomic E-state index is 11.4. The second-order valence-corrected chi connectivity index (χ2v) is 11.4. The zero-order valence-electron chi connectivity index (χ0n) is 11.7. The van der Waals surface area contributed by atoms with Crippen LogP contribution in [0.5, 0.6) is 0 Å². The molecule has 0 heterocycles. The van der Waals surface area contributed by atoms with E-state index in [0.717, 1.165) is 25.3 Å². The number of carbonyl (C=O) groups is 2. The molecule has 0 aliphatic carbocycles. The minimum absolute atomic E-state index is 0.0916. The predicted octanol–water partition coefficient (Wildman–Crippen LogP) is 3.41.